The van der Waals surface area contributed by atoms with E-state index in [1.807, 2.05) is 0 Å². The molecule has 0 radical (unpaired) electrons. The fourth-order valence-corrected chi connectivity index (χ4v) is 4.46. The number of nitrogens with zero attached hydrogens (tertiary/aromatic N) is 3. The Morgan fingerprint density at radius 2 is 1.93 bits per heavy atom. The molecule has 2 heterocycles. The lowest BCUT2D eigenvalue weighted by Crippen LogP contribution is -2.70. The molecule has 5 nitrogen and oxygen atoms in total. The van der Waals surface area contributed by atoms with Crippen LogP contribution in [0.1, 0.15) is 49.6 Å². The molecule has 0 amide bonds. The number of aliphatic hydroxyl groups excluding tert-OH is 1. The van der Waals surface area contributed by atoms with E-state index in [0.717, 1.165) is 18.9 Å². The van der Waals surface area contributed by atoms with E-state index in [0.29, 0.717) is 25.1 Å². The largest absolute Gasteiger partial charge is 0.419 e. The molecule has 2 aromatic heterocycles. The number of rotatable bonds is 4. The zero-order chi connectivity index (χ0) is 19.2. The first kappa shape index (κ1) is 17.0. The normalized spacial score (nSPS) is 30.6. The number of anilines is 1. The van der Waals surface area contributed by atoms with Gasteiger partial charge in [0.1, 0.15) is 23.4 Å². The van der Waals surface area contributed by atoms with Gasteiger partial charge in [0.15, 0.2) is 0 Å². The van der Waals surface area contributed by atoms with Crippen molar-refractivity contribution >= 4 is 5.82 Å². The van der Waals surface area contributed by atoms with Crippen molar-refractivity contribution in [3.05, 3.63) is 29.8 Å². The van der Waals surface area contributed by atoms with Crippen LogP contribution in [0.25, 0.3) is 11.3 Å². The molecule has 4 saturated carbocycles. The lowest BCUT2D eigenvalue weighted by atomic mass is 9.47. The molecule has 0 spiro atoms. The number of aromatic nitrogens is 3. The first-order valence-corrected chi connectivity index (χ1v) is 8.90. The van der Waals surface area contributed by atoms with E-state index in [-0.39, 0.29) is 17.2 Å². The number of nitrogen functional groups attached to an aromatic ring is 1. The molecule has 9 heteroatoms. The van der Waals surface area contributed by atoms with Crippen LogP contribution in [0.3, 0.4) is 0 Å². The summed E-state index contributed by atoms with van der Waals surface area (Å²) >= 11 is 0. The minimum Gasteiger partial charge on any atom is -0.385 e. The van der Waals surface area contributed by atoms with Gasteiger partial charge in [-0.15, -0.1) is 0 Å². The second kappa shape index (κ2) is 5.01. The van der Waals surface area contributed by atoms with Crippen LogP contribution in [-0.2, 0) is 11.7 Å². The van der Waals surface area contributed by atoms with Crippen molar-refractivity contribution in [2.45, 2.75) is 55.6 Å². The van der Waals surface area contributed by atoms with Gasteiger partial charge < -0.3 is 15.4 Å². The van der Waals surface area contributed by atoms with Crippen LogP contribution in [0, 0.1) is 5.92 Å². The van der Waals surface area contributed by atoms with Crippen LogP contribution >= 0.6 is 0 Å². The standard InChI is InChI=1S/C18H18F4N4O/c19-16-6-17(7-16,8-16)26-5-12(25-15(26)13(27)9-1-2-9)10-3-11(18(20,21)22)14(23)24-4-10/h3-5,9,13,27H,1-2,6-8H2,(H2,23,24)/t13-,16?,17?/m0/s1. The molecule has 3 N–H and O–H groups in total. The van der Waals surface area contributed by atoms with Gasteiger partial charge in [0.2, 0.25) is 0 Å². The highest BCUT2D eigenvalue weighted by molar-refractivity contribution is 5.62. The average molecular weight is 382 g/mol. The van der Waals surface area contributed by atoms with Crippen LogP contribution in [0.2, 0.25) is 0 Å². The zero-order valence-corrected chi connectivity index (χ0v) is 14.3. The molecule has 144 valence electrons. The second-order valence-corrected chi connectivity index (χ2v) is 8.20. The van der Waals surface area contributed by atoms with Crippen LogP contribution in [0.5, 0.6) is 0 Å². The summed E-state index contributed by atoms with van der Waals surface area (Å²) in [6.45, 7) is 0. The minimum absolute atomic E-state index is 0.0981. The van der Waals surface area contributed by atoms with Crippen molar-refractivity contribution < 1.29 is 22.7 Å². The van der Waals surface area contributed by atoms with E-state index in [2.05, 4.69) is 9.97 Å². The summed E-state index contributed by atoms with van der Waals surface area (Å²) in [5.41, 5.74) is 3.23. The van der Waals surface area contributed by atoms with E-state index in [1.165, 1.54) is 6.20 Å². The molecule has 2 aromatic rings. The Labute approximate surface area is 152 Å². The van der Waals surface area contributed by atoms with Crippen molar-refractivity contribution in [2.75, 3.05) is 5.73 Å². The van der Waals surface area contributed by atoms with Gasteiger partial charge in [0.05, 0.1) is 16.8 Å². The van der Waals surface area contributed by atoms with Crippen molar-refractivity contribution in [3.8, 4) is 11.3 Å². The quantitative estimate of drug-likeness (QED) is 0.793. The molecule has 6 rings (SSSR count). The third-order valence-electron chi connectivity index (χ3n) is 6.03. The van der Waals surface area contributed by atoms with Crippen molar-refractivity contribution in [1.82, 2.24) is 14.5 Å². The van der Waals surface area contributed by atoms with Gasteiger partial charge in [0.25, 0.3) is 0 Å². The molecule has 4 aliphatic rings. The molecule has 1 atom stereocenters. The van der Waals surface area contributed by atoms with Crippen LogP contribution < -0.4 is 5.73 Å². The highest BCUT2D eigenvalue weighted by Gasteiger charge is 2.71. The summed E-state index contributed by atoms with van der Waals surface area (Å²) in [4.78, 5) is 8.09. The fraction of sp³-hybridized carbons (Fsp3) is 0.556. The first-order valence-electron chi connectivity index (χ1n) is 8.90. The lowest BCUT2D eigenvalue weighted by Gasteiger charge is -2.66. The third-order valence-corrected chi connectivity index (χ3v) is 6.03. The number of hydrogen-bond acceptors (Lipinski definition) is 4. The highest BCUT2D eigenvalue weighted by atomic mass is 19.4. The monoisotopic (exact) mass is 382 g/mol. The molecule has 0 saturated heterocycles. The van der Waals surface area contributed by atoms with E-state index >= 15 is 0 Å². The Morgan fingerprint density at radius 1 is 1.26 bits per heavy atom. The van der Waals surface area contributed by atoms with Crippen LogP contribution in [0.4, 0.5) is 23.4 Å². The van der Waals surface area contributed by atoms with Gasteiger partial charge in [-0.25, -0.2) is 14.4 Å². The maximum Gasteiger partial charge on any atom is 0.419 e. The Morgan fingerprint density at radius 3 is 2.48 bits per heavy atom. The highest BCUT2D eigenvalue weighted by Crippen LogP contribution is 2.68. The van der Waals surface area contributed by atoms with Crippen LogP contribution in [0.15, 0.2) is 18.5 Å². The number of imidazole rings is 1. The second-order valence-electron chi connectivity index (χ2n) is 8.20. The number of alkyl halides is 4. The molecule has 27 heavy (non-hydrogen) atoms. The van der Waals surface area contributed by atoms with Crippen molar-refractivity contribution in [1.29, 1.82) is 0 Å². The molecule has 4 aliphatic carbocycles. The predicted octanol–water partition coefficient (Wildman–Crippen LogP) is 3.59. The molecule has 0 aliphatic heterocycles. The van der Waals surface area contributed by atoms with Crippen molar-refractivity contribution in [3.63, 3.8) is 0 Å². The third kappa shape index (κ3) is 2.47. The minimum atomic E-state index is -4.62. The summed E-state index contributed by atoms with van der Waals surface area (Å²) in [5.74, 6) is -0.0942. The summed E-state index contributed by atoms with van der Waals surface area (Å²) in [6, 6.07) is 0.918. The average Bonchev–Trinajstić information content (AvgIpc) is 3.29. The Kier molecular flexibility index (Phi) is 3.15. The number of aliphatic hydroxyl groups is 1. The smallest absolute Gasteiger partial charge is 0.385 e. The molecular formula is C18H18F4N4O. The summed E-state index contributed by atoms with van der Waals surface area (Å²) in [5, 5.41) is 10.6. The first-order chi connectivity index (χ1) is 12.6. The summed E-state index contributed by atoms with van der Waals surface area (Å²) in [7, 11) is 0. The summed E-state index contributed by atoms with van der Waals surface area (Å²) < 4.78 is 55.2. The van der Waals surface area contributed by atoms with Gasteiger partial charge in [-0.3, -0.25) is 0 Å². The molecule has 2 bridgehead atoms. The molecule has 0 unspecified atom stereocenters. The van der Waals surface area contributed by atoms with E-state index in [9.17, 15) is 22.7 Å². The lowest BCUT2D eigenvalue weighted by molar-refractivity contribution is -0.200. The maximum absolute atomic E-state index is 14.0. The van der Waals surface area contributed by atoms with Gasteiger partial charge in [-0.05, 0) is 24.8 Å². The van der Waals surface area contributed by atoms with Gasteiger partial charge in [0, 0.05) is 37.2 Å². The SMILES string of the molecule is Nc1ncc(-c2cn(C34CC(F)(C3)C4)c([C@@H](O)C3CC3)n2)cc1C(F)(F)F. The zero-order valence-electron chi connectivity index (χ0n) is 14.3. The number of halogens is 4. The Bertz CT molecular complexity index is 914. The van der Waals surface area contributed by atoms with Gasteiger partial charge >= 0.3 is 6.18 Å². The van der Waals surface area contributed by atoms with E-state index < -0.39 is 34.9 Å². The molecule has 4 fully saturated rings. The number of pyridine rings is 1. The van der Waals surface area contributed by atoms with E-state index in [1.54, 1.807) is 10.8 Å². The Balaban J connectivity index is 1.58. The number of hydrogen-bond donors (Lipinski definition) is 2. The molecular weight excluding hydrogens is 364 g/mol. The molecule has 0 aromatic carbocycles. The fourth-order valence-electron chi connectivity index (χ4n) is 4.46. The van der Waals surface area contributed by atoms with Gasteiger partial charge in [-0.2, -0.15) is 13.2 Å². The topological polar surface area (TPSA) is 77.0 Å². The van der Waals surface area contributed by atoms with Crippen LogP contribution in [-0.4, -0.2) is 25.3 Å². The van der Waals surface area contributed by atoms with Crippen molar-refractivity contribution in [2.24, 2.45) is 5.92 Å². The number of nitrogens with two attached hydrogens (primary N) is 1. The maximum atomic E-state index is 14.0. The van der Waals surface area contributed by atoms with E-state index in [4.69, 9.17) is 5.73 Å². The summed E-state index contributed by atoms with van der Waals surface area (Å²) in [6.07, 6.45) is 0.259. The Hall–Kier alpha value is -2.16. The van der Waals surface area contributed by atoms with Gasteiger partial charge in [-0.1, -0.05) is 0 Å². The predicted molar refractivity (Wildman–Crippen MR) is 88.2 cm³/mol.